The molecule has 1 amide bonds. The Kier molecular flexibility index (Phi) is 6.64. The fraction of sp³-hybridized carbons (Fsp3) is 0.273. The third-order valence-corrected chi connectivity index (χ3v) is 4.66. The lowest BCUT2D eigenvalue weighted by molar-refractivity contribution is 0.0916. The van der Waals surface area contributed by atoms with Crippen LogP contribution in [0.15, 0.2) is 54.7 Å². The summed E-state index contributed by atoms with van der Waals surface area (Å²) < 4.78 is 5.14. The number of ether oxygens (including phenoxy) is 1. The summed E-state index contributed by atoms with van der Waals surface area (Å²) in [6.07, 6.45) is 1.72. The van der Waals surface area contributed by atoms with E-state index in [9.17, 15) is 15.0 Å². The molecule has 7 heteroatoms. The quantitative estimate of drug-likeness (QED) is 0.467. The summed E-state index contributed by atoms with van der Waals surface area (Å²) in [6.45, 7) is 1.63. The van der Waals surface area contributed by atoms with E-state index in [1.807, 2.05) is 31.2 Å². The molecule has 0 saturated carbocycles. The minimum absolute atomic E-state index is 0.00390. The maximum atomic E-state index is 12.8. The van der Waals surface area contributed by atoms with Gasteiger partial charge in [-0.1, -0.05) is 18.2 Å². The van der Waals surface area contributed by atoms with Crippen molar-refractivity contribution in [3.05, 3.63) is 65.9 Å². The number of amides is 1. The van der Waals surface area contributed by atoms with Crippen LogP contribution in [-0.4, -0.2) is 47.5 Å². The number of nitrogens with zero attached hydrogens (tertiary/aromatic N) is 1. The second-order valence-electron chi connectivity index (χ2n) is 6.84. The molecule has 1 aromatic heterocycles. The Morgan fingerprint density at radius 3 is 2.48 bits per heavy atom. The van der Waals surface area contributed by atoms with Gasteiger partial charge in [-0.25, -0.2) is 4.98 Å². The molecule has 0 aliphatic rings. The highest BCUT2D eigenvalue weighted by molar-refractivity contribution is 5.99. The molecule has 1 heterocycles. The monoisotopic (exact) mass is 395 g/mol. The van der Waals surface area contributed by atoms with Gasteiger partial charge in [-0.2, -0.15) is 0 Å². The van der Waals surface area contributed by atoms with Crippen molar-refractivity contribution in [1.82, 2.24) is 10.3 Å². The predicted octanol–water partition coefficient (Wildman–Crippen LogP) is 2.50. The molecule has 3 aromatic rings. The van der Waals surface area contributed by atoms with E-state index >= 15 is 0 Å². The third kappa shape index (κ3) is 5.01. The molecule has 0 radical (unpaired) electrons. The van der Waals surface area contributed by atoms with Gasteiger partial charge in [-0.15, -0.1) is 0 Å². The Hall–Kier alpha value is -3.16. The number of nitrogens with one attached hydrogen (secondary N) is 2. The Morgan fingerprint density at radius 1 is 1.07 bits per heavy atom. The number of carbonyl (C=O) groups is 1. The Morgan fingerprint density at radius 2 is 1.83 bits per heavy atom. The standard InChI is InChI=1S/C22H25N3O4/c1-14(12-26)24-21-10-18-9-16(3-4-17(18)11-23-21)22(28)25-20(13-27)15-5-7-19(29-2)8-6-15/h3-11,14,20,26-27H,12-13H2,1-2H3,(H,23,24)(H,25,28)/t14-,20+/m0/s1. The van der Waals surface area contributed by atoms with Crippen LogP contribution in [0.25, 0.3) is 10.8 Å². The van der Waals surface area contributed by atoms with Crippen LogP contribution in [0.2, 0.25) is 0 Å². The van der Waals surface area contributed by atoms with Crippen LogP contribution in [0.5, 0.6) is 5.75 Å². The minimum Gasteiger partial charge on any atom is -0.497 e. The average molecular weight is 395 g/mol. The highest BCUT2D eigenvalue weighted by Crippen LogP contribution is 2.21. The van der Waals surface area contributed by atoms with E-state index in [4.69, 9.17) is 4.74 Å². The fourth-order valence-corrected chi connectivity index (χ4v) is 2.97. The van der Waals surface area contributed by atoms with Crippen LogP contribution in [0.3, 0.4) is 0 Å². The normalized spacial score (nSPS) is 13.0. The largest absolute Gasteiger partial charge is 0.497 e. The topological polar surface area (TPSA) is 104 Å². The number of hydrogen-bond acceptors (Lipinski definition) is 6. The molecule has 0 aliphatic heterocycles. The van der Waals surface area contributed by atoms with Crippen LogP contribution < -0.4 is 15.4 Å². The van der Waals surface area contributed by atoms with Gasteiger partial charge in [0.05, 0.1) is 26.4 Å². The van der Waals surface area contributed by atoms with E-state index in [2.05, 4.69) is 15.6 Å². The first-order valence-electron chi connectivity index (χ1n) is 9.37. The van der Waals surface area contributed by atoms with E-state index in [1.54, 1.807) is 37.6 Å². The number of aromatic nitrogens is 1. The van der Waals surface area contributed by atoms with Crippen LogP contribution in [0.4, 0.5) is 5.82 Å². The molecular weight excluding hydrogens is 370 g/mol. The zero-order valence-corrected chi connectivity index (χ0v) is 16.4. The van der Waals surface area contributed by atoms with Gasteiger partial charge in [0.2, 0.25) is 0 Å². The molecule has 2 aromatic carbocycles. The number of fused-ring (bicyclic) bond motifs is 1. The fourth-order valence-electron chi connectivity index (χ4n) is 2.97. The van der Waals surface area contributed by atoms with Crippen LogP contribution in [-0.2, 0) is 0 Å². The first-order valence-corrected chi connectivity index (χ1v) is 9.37. The summed E-state index contributed by atoms with van der Waals surface area (Å²) >= 11 is 0. The van der Waals surface area contributed by atoms with Gasteiger partial charge < -0.3 is 25.6 Å². The van der Waals surface area contributed by atoms with Gasteiger partial charge in [0.1, 0.15) is 11.6 Å². The summed E-state index contributed by atoms with van der Waals surface area (Å²) in [5, 5.41) is 26.6. The molecule has 0 bridgehead atoms. The molecule has 7 nitrogen and oxygen atoms in total. The molecule has 0 unspecified atom stereocenters. The Bertz CT molecular complexity index is 975. The molecule has 0 fully saturated rings. The van der Waals surface area contributed by atoms with Crippen molar-refractivity contribution >= 4 is 22.5 Å². The molecule has 152 valence electrons. The maximum Gasteiger partial charge on any atom is 0.251 e. The van der Waals surface area contributed by atoms with E-state index in [0.717, 1.165) is 16.3 Å². The lowest BCUT2D eigenvalue weighted by Crippen LogP contribution is -2.30. The van der Waals surface area contributed by atoms with Crippen molar-refractivity contribution in [1.29, 1.82) is 0 Å². The van der Waals surface area contributed by atoms with Crippen LogP contribution in [0.1, 0.15) is 28.9 Å². The smallest absolute Gasteiger partial charge is 0.251 e. The molecule has 0 spiro atoms. The second-order valence-corrected chi connectivity index (χ2v) is 6.84. The zero-order chi connectivity index (χ0) is 20.8. The zero-order valence-electron chi connectivity index (χ0n) is 16.4. The SMILES string of the molecule is COc1ccc([C@@H](CO)NC(=O)c2ccc3cnc(N[C@@H](C)CO)cc3c2)cc1. The molecule has 3 rings (SSSR count). The number of aliphatic hydroxyl groups excluding tert-OH is 2. The van der Waals surface area contributed by atoms with Gasteiger partial charge >= 0.3 is 0 Å². The summed E-state index contributed by atoms with van der Waals surface area (Å²) in [7, 11) is 1.58. The number of benzene rings is 2. The van der Waals surface area contributed by atoms with Crippen molar-refractivity contribution in [2.24, 2.45) is 0 Å². The molecule has 4 N–H and O–H groups in total. The van der Waals surface area contributed by atoms with Gasteiger partial charge in [0.15, 0.2) is 0 Å². The third-order valence-electron chi connectivity index (χ3n) is 4.66. The Labute approximate surface area is 169 Å². The summed E-state index contributed by atoms with van der Waals surface area (Å²) in [5.41, 5.74) is 1.27. The first kappa shape index (κ1) is 20.6. The number of anilines is 1. The van der Waals surface area contributed by atoms with Crippen molar-refractivity contribution < 1.29 is 19.7 Å². The summed E-state index contributed by atoms with van der Waals surface area (Å²) in [4.78, 5) is 17.1. The number of aliphatic hydroxyl groups is 2. The number of rotatable bonds is 8. The minimum atomic E-state index is -0.524. The summed E-state index contributed by atoms with van der Waals surface area (Å²) in [6, 6.07) is 13.7. The molecule has 0 saturated heterocycles. The van der Waals surface area contributed by atoms with Crippen molar-refractivity contribution in [3.63, 3.8) is 0 Å². The first-order chi connectivity index (χ1) is 14.0. The highest BCUT2D eigenvalue weighted by Gasteiger charge is 2.16. The van der Waals surface area contributed by atoms with Crippen molar-refractivity contribution in [2.45, 2.75) is 19.0 Å². The predicted molar refractivity (Wildman–Crippen MR) is 112 cm³/mol. The van der Waals surface area contributed by atoms with Crippen LogP contribution in [0, 0.1) is 0 Å². The molecule has 2 atom stereocenters. The Balaban J connectivity index is 1.79. The number of pyridine rings is 1. The summed E-state index contributed by atoms with van der Waals surface area (Å²) in [5.74, 6) is 1.06. The maximum absolute atomic E-state index is 12.8. The lowest BCUT2D eigenvalue weighted by atomic mass is 10.1. The van der Waals surface area contributed by atoms with E-state index in [0.29, 0.717) is 17.1 Å². The van der Waals surface area contributed by atoms with E-state index < -0.39 is 6.04 Å². The molecule has 0 aliphatic carbocycles. The van der Waals surface area contributed by atoms with Crippen LogP contribution >= 0.6 is 0 Å². The highest BCUT2D eigenvalue weighted by atomic mass is 16.5. The number of carbonyl (C=O) groups excluding carboxylic acids is 1. The van der Waals surface area contributed by atoms with Gasteiger partial charge in [0.25, 0.3) is 5.91 Å². The average Bonchev–Trinajstić information content (AvgIpc) is 2.76. The second kappa shape index (κ2) is 9.36. The van der Waals surface area contributed by atoms with Crippen molar-refractivity contribution in [2.75, 3.05) is 25.6 Å². The van der Waals surface area contributed by atoms with Crippen molar-refractivity contribution in [3.8, 4) is 5.75 Å². The van der Waals surface area contributed by atoms with Gasteiger partial charge in [-0.05, 0) is 48.2 Å². The lowest BCUT2D eigenvalue weighted by Gasteiger charge is -2.17. The number of methoxy groups -OCH3 is 1. The number of hydrogen-bond donors (Lipinski definition) is 4. The van der Waals surface area contributed by atoms with Gasteiger partial charge in [-0.3, -0.25) is 4.79 Å². The van der Waals surface area contributed by atoms with E-state index in [1.165, 1.54) is 0 Å². The molecule has 29 heavy (non-hydrogen) atoms. The molecular formula is C22H25N3O4. The van der Waals surface area contributed by atoms with Gasteiger partial charge in [0, 0.05) is 23.2 Å². The van der Waals surface area contributed by atoms with E-state index in [-0.39, 0.29) is 25.2 Å².